The standard InChI is InChI=1S/C13H9ClN4O3/c1-6-11(14)13(21)8-3-2-7(4-9(8)12(6)20)17-10(19)5-16-18-15/h2-4H,5H2,1H3,(H,17,19). The molecule has 7 nitrogen and oxygen atoms in total. The topological polar surface area (TPSA) is 112 Å². The molecule has 0 saturated heterocycles. The number of nitrogens with one attached hydrogen (secondary N) is 1. The fraction of sp³-hybridized carbons (Fsp3) is 0.154. The van der Waals surface area contributed by atoms with E-state index in [1.54, 1.807) is 0 Å². The number of halogens is 1. The zero-order chi connectivity index (χ0) is 15.6. The van der Waals surface area contributed by atoms with Crippen molar-refractivity contribution in [3.05, 3.63) is 50.4 Å². The van der Waals surface area contributed by atoms with Crippen LogP contribution in [0, 0.1) is 0 Å². The Hall–Kier alpha value is -2.63. The molecule has 0 saturated carbocycles. The number of nitrogens with zero attached hydrogens (tertiary/aromatic N) is 3. The van der Waals surface area contributed by atoms with E-state index < -0.39 is 11.7 Å². The molecule has 0 atom stereocenters. The van der Waals surface area contributed by atoms with Gasteiger partial charge in [-0.25, -0.2) is 0 Å². The molecule has 0 unspecified atom stereocenters. The summed E-state index contributed by atoms with van der Waals surface area (Å²) in [5, 5.41) is 5.51. The third-order valence-electron chi connectivity index (χ3n) is 2.94. The van der Waals surface area contributed by atoms with Crippen molar-refractivity contribution in [3.8, 4) is 0 Å². The van der Waals surface area contributed by atoms with Gasteiger partial charge in [-0.15, -0.1) is 0 Å². The first-order valence-electron chi connectivity index (χ1n) is 5.86. The molecule has 1 aromatic carbocycles. The number of amides is 1. The molecular formula is C13H9ClN4O3. The molecule has 1 N–H and O–H groups in total. The largest absolute Gasteiger partial charge is 0.326 e. The summed E-state index contributed by atoms with van der Waals surface area (Å²) in [6.07, 6.45) is 0. The summed E-state index contributed by atoms with van der Waals surface area (Å²) in [4.78, 5) is 38.0. The van der Waals surface area contributed by atoms with Crippen LogP contribution >= 0.6 is 11.6 Å². The van der Waals surface area contributed by atoms with E-state index in [-0.39, 0.29) is 34.1 Å². The lowest BCUT2D eigenvalue weighted by molar-refractivity contribution is -0.114. The fourth-order valence-electron chi connectivity index (χ4n) is 1.89. The average molecular weight is 305 g/mol. The number of anilines is 1. The van der Waals surface area contributed by atoms with E-state index in [0.29, 0.717) is 5.69 Å². The van der Waals surface area contributed by atoms with Gasteiger partial charge in [-0.3, -0.25) is 14.4 Å². The van der Waals surface area contributed by atoms with E-state index in [1.807, 2.05) is 0 Å². The third-order valence-corrected chi connectivity index (χ3v) is 3.39. The fourth-order valence-corrected chi connectivity index (χ4v) is 2.08. The minimum absolute atomic E-state index is 0.0901. The second-order valence-corrected chi connectivity index (χ2v) is 4.67. The van der Waals surface area contributed by atoms with Crippen LogP contribution in [0.4, 0.5) is 5.69 Å². The lowest BCUT2D eigenvalue weighted by Crippen LogP contribution is -2.20. The highest BCUT2D eigenvalue weighted by Gasteiger charge is 2.29. The van der Waals surface area contributed by atoms with Crippen LogP contribution in [0.1, 0.15) is 27.6 Å². The van der Waals surface area contributed by atoms with Crippen LogP contribution in [0.15, 0.2) is 33.9 Å². The normalized spacial score (nSPS) is 13.6. The summed E-state index contributed by atoms with van der Waals surface area (Å²) in [6.45, 7) is 1.11. The summed E-state index contributed by atoms with van der Waals surface area (Å²) < 4.78 is 0. The van der Waals surface area contributed by atoms with Gasteiger partial charge in [0.05, 0.1) is 5.03 Å². The van der Waals surface area contributed by atoms with Crippen LogP contribution in [0.3, 0.4) is 0 Å². The second-order valence-electron chi connectivity index (χ2n) is 4.29. The monoisotopic (exact) mass is 304 g/mol. The summed E-state index contributed by atoms with van der Waals surface area (Å²) in [5.41, 5.74) is 9.02. The van der Waals surface area contributed by atoms with Gasteiger partial charge in [0.15, 0.2) is 5.78 Å². The summed E-state index contributed by atoms with van der Waals surface area (Å²) in [7, 11) is 0. The molecule has 0 fully saturated rings. The number of ketones is 2. The average Bonchev–Trinajstić information content (AvgIpc) is 2.48. The minimum Gasteiger partial charge on any atom is -0.326 e. The third kappa shape index (κ3) is 2.79. The zero-order valence-electron chi connectivity index (χ0n) is 10.9. The Morgan fingerprint density at radius 2 is 2.05 bits per heavy atom. The molecule has 106 valence electrons. The van der Waals surface area contributed by atoms with Crippen molar-refractivity contribution >= 4 is 34.8 Å². The van der Waals surface area contributed by atoms with Crippen LogP contribution in [-0.4, -0.2) is 24.0 Å². The molecule has 1 aliphatic carbocycles. The summed E-state index contributed by atoms with van der Waals surface area (Å²) >= 11 is 5.81. The van der Waals surface area contributed by atoms with Gasteiger partial charge in [-0.2, -0.15) is 0 Å². The first kappa shape index (κ1) is 14.8. The first-order valence-corrected chi connectivity index (χ1v) is 6.24. The molecule has 8 heteroatoms. The van der Waals surface area contributed by atoms with Crippen molar-refractivity contribution in [1.29, 1.82) is 0 Å². The van der Waals surface area contributed by atoms with Crippen molar-refractivity contribution in [2.24, 2.45) is 5.11 Å². The Morgan fingerprint density at radius 1 is 1.33 bits per heavy atom. The second kappa shape index (κ2) is 5.78. The van der Waals surface area contributed by atoms with Crippen molar-refractivity contribution in [2.45, 2.75) is 6.92 Å². The quantitative estimate of drug-likeness (QED) is 0.526. The predicted molar refractivity (Wildman–Crippen MR) is 76.3 cm³/mol. The number of fused-ring (bicyclic) bond motifs is 1. The highest BCUT2D eigenvalue weighted by atomic mass is 35.5. The number of hydrogen-bond donors (Lipinski definition) is 1. The smallest absolute Gasteiger partial charge is 0.230 e. The number of hydrogen-bond acceptors (Lipinski definition) is 4. The van der Waals surface area contributed by atoms with Crippen LogP contribution in [0.5, 0.6) is 0 Å². The zero-order valence-corrected chi connectivity index (χ0v) is 11.6. The van der Waals surface area contributed by atoms with Crippen molar-refractivity contribution in [2.75, 3.05) is 11.9 Å². The number of carbonyl (C=O) groups excluding carboxylic acids is 3. The molecule has 1 aromatic rings. The Labute approximate surface area is 124 Å². The van der Waals surface area contributed by atoms with E-state index in [1.165, 1.54) is 25.1 Å². The van der Waals surface area contributed by atoms with Crippen LogP contribution in [-0.2, 0) is 4.79 Å². The van der Waals surface area contributed by atoms with Crippen molar-refractivity contribution in [3.63, 3.8) is 0 Å². The first-order chi connectivity index (χ1) is 9.95. The van der Waals surface area contributed by atoms with Gasteiger partial charge in [-0.1, -0.05) is 16.7 Å². The Kier molecular flexibility index (Phi) is 4.07. The van der Waals surface area contributed by atoms with Gasteiger partial charge in [-0.05, 0) is 30.7 Å². The maximum absolute atomic E-state index is 12.1. The lowest BCUT2D eigenvalue weighted by Gasteiger charge is -2.16. The van der Waals surface area contributed by atoms with E-state index in [2.05, 4.69) is 15.3 Å². The minimum atomic E-state index is -0.521. The van der Waals surface area contributed by atoms with Gasteiger partial charge in [0.2, 0.25) is 11.7 Å². The van der Waals surface area contributed by atoms with E-state index >= 15 is 0 Å². The maximum Gasteiger partial charge on any atom is 0.230 e. The van der Waals surface area contributed by atoms with Crippen LogP contribution < -0.4 is 5.32 Å². The molecular weight excluding hydrogens is 296 g/mol. The molecule has 0 aromatic heterocycles. The number of Topliss-reactive ketones (excluding diaryl/α,β-unsaturated/α-hetero) is 2. The van der Waals surface area contributed by atoms with Gasteiger partial charge >= 0.3 is 0 Å². The molecule has 0 bridgehead atoms. The molecule has 1 aliphatic rings. The lowest BCUT2D eigenvalue weighted by atomic mass is 9.89. The Balaban J connectivity index is 2.34. The number of rotatable bonds is 3. The SMILES string of the molecule is CC1=C(Cl)C(=O)c2ccc(NC(=O)CN=[N+]=[N-])cc2C1=O. The number of carbonyl (C=O) groups is 3. The van der Waals surface area contributed by atoms with E-state index in [9.17, 15) is 14.4 Å². The molecule has 1 amide bonds. The van der Waals surface area contributed by atoms with Gasteiger partial charge in [0.1, 0.15) is 6.54 Å². The number of allylic oxidation sites excluding steroid dienone is 2. The van der Waals surface area contributed by atoms with E-state index in [4.69, 9.17) is 17.1 Å². The maximum atomic E-state index is 12.1. The molecule has 21 heavy (non-hydrogen) atoms. The summed E-state index contributed by atoms with van der Waals surface area (Å²) in [6, 6.07) is 4.30. The van der Waals surface area contributed by atoms with Crippen molar-refractivity contribution in [1.82, 2.24) is 0 Å². The van der Waals surface area contributed by atoms with Crippen molar-refractivity contribution < 1.29 is 14.4 Å². The van der Waals surface area contributed by atoms with Gasteiger partial charge in [0.25, 0.3) is 0 Å². The summed E-state index contributed by atoms with van der Waals surface area (Å²) in [5.74, 6) is -1.30. The van der Waals surface area contributed by atoms with Crippen LogP contribution in [0.2, 0.25) is 0 Å². The Morgan fingerprint density at radius 3 is 2.71 bits per heavy atom. The molecule has 0 radical (unpaired) electrons. The van der Waals surface area contributed by atoms with Crippen LogP contribution in [0.25, 0.3) is 10.4 Å². The predicted octanol–water partition coefficient (Wildman–Crippen LogP) is 2.83. The number of benzene rings is 1. The Bertz CT molecular complexity index is 748. The highest BCUT2D eigenvalue weighted by Crippen LogP contribution is 2.30. The molecule has 0 heterocycles. The van der Waals surface area contributed by atoms with Gasteiger partial charge < -0.3 is 5.32 Å². The number of azide groups is 1. The van der Waals surface area contributed by atoms with E-state index in [0.717, 1.165) is 0 Å². The van der Waals surface area contributed by atoms with Gasteiger partial charge in [0, 0.05) is 27.3 Å². The molecule has 2 rings (SSSR count). The highest BCUT2D eigenvalue weighted by molar-refractivity contribution is 6.50. The molecule has 0 aliphatic heterocycles. The molecule has 0 spiro atoms.